The molecule has 0 spiro atoms. The number of rotatable bonds is 4. The number of hydrogen-bond donors (Lipinski definition) is 1. The average Bonchev–Trinajstić information content (AvgIpc) is 3.05. The lowest BCUT2D eigenvalue weighted by Gasteiger charge is -2.29. The zero-order valence-electron chi connectivity index (χ0n) is 15.9. The number of anilines is 2. The van der Waals surface area contributed by atoms with Crippen molar-refractivity contribution >= 4 is 44.1 Å². The van der Waals surface area contributed by atoms with Gasteiger partial charge in [0.2, 0.25) is 0 Å². The summed E-state index contributed by atoms with van der Waals surface area (Å²) in [4.78, 5) is 15.1. The number of aryl methyl sites for hydroxylation is 1. The SMILES string of the molecule is COc1ccc2c(c1)cc(C(=O)Nc1ccc(N3CCOCC3)c(Br)c1)n2C. The number of carbonyl (C=O) groups is 1. The van der Waals surface area contributed by atoms with Crippen LogP contribution in [0, 0.1) is 0 Å². The Labute approximate surface area is 172 Å². The molecule has 0 radical (unpaired) electrons. The number of halogens is 1. The Kier molecular flexibility index (Phi) is 5.28. The molecular weight excluding hydrogens is 422 g/mol. The maximum atomic E-state index is 12.9. The van der Waals surface area contributed by atoms with Crippen LogP contribution in [0.15, 0.2) is 46.9 Å². The predicted octanol–water partition coefficient (Wildman–Crippen LogP) is 4.04. The Morgan fingerprint density at radius 3 is 2.64 bits per heavy atom. The highest BCUT2D eigenvalue weighted by Crippen LogP contribution is 2.30. The lowest BCUT2D eigenvalue weighted by atomic mass is 10.2. The Morgan fingerprint density at radius 2 is 1.93 bits per heavy atom. The van der Waals surface area contributed by atoms with Gasteiger partial charge in [0, 0.05) is 41.2 Å². The first-order valence-electron chi connectivity index (χ1n) is 9.14. The number of fused-ring (bicyclic) bond motifs is 1. The van der Waals surface area contributed by atoms with Gasteiger partial charge in [-0.2, -0.15) is 0 Å². The van der Waals surface area contributed by atoms with Gasteiger partial charge in [0.05, 0.1) is 26.0 Å². The molecule has 1 saturated heterocycles. The molecule has 2 aromatic carbocycles. The zero-order chi connectivity index (χ0) is 19.7. The van der Waals surface area contributed by atoms with Crippen molar-refractivity contribution in [1.29, 1.82) is 0 Å². The maximum absolute atomic E-state index is 12.9. The largest absolute Gasteiger partial charge is 0.497 e. The zero-order valence-corrected chi connectivity index (χ0v) is 17.5. The fourth-order valence-electron chi connectivity index (χ4n) is 3.51. The molecule has 1 aromatic heterocycles. The summed E-state index contributed by atoms with van der Waals surface area (Å²) in [6.45, 7) is 3.20. The minimum Gasteiger partial charge on any atom is -0.497 e. The molecule has 0 saturated carbocycles. The standard InChI is InChI=1S/C21H22BrN3O3/c1-24-18-6-4-16(27-2)11-14(18)12-20(24)21(26)23-15-3-5-19(17(22)13-15)25-7-9-28-10-8-25/h3-6,11-13H,7-10H2,1-2H3,(H,23,26). The highest BCUT2D eigenvalue weighted by Gasteiger charge is 2.17. The van der Waals surface area contributed by atoms with E-state index >= 15 is 0 Å². The number of methoxy groups -OCH3 is 1. The Morgan fingerprint density at radius 1 is 1.14 bits per heavy atom. The van der Waals surface area contributed by atoms with Crippen molar-refractivity contribution in [2.24, 2.45) is 7.05 Å². The first-order chi connectivity index (χ1) is 13.6. The van der Waals surface area contributed by atoms with Crippen molar-refractivity contribution in [3.8, 4) is 5.75 Å². The molecular formula is C21H22BrN3O3. The Bertz CT molecular complexity index is 1030. The van der Waals surface area contributed by atoms with Crippen LogP contribution in [0.3, 0.4) is 0 Å². The molecule has 0 unspecified atom stereocenters. The molecule has 6 nitrogen and oxygen atoms in total. The summed E-state index contributed by atoms with van der Waals surface area (Å²) >= 11 is 3.63. The molecule has 4 rings (SSSR count). The first kappa shape index (κ1) is 18.8. The molecule has 7 heteroatoms. The van der Waals surface area contributed by atoms with Gasteiger partial charge >= 0.3 is 0 Å². The Hall–Kier alpha value is -2.51. The molecule has 28 heavy (non-hydrogen) atoms. The quantitative estimate of drug-likeness (QED) is 0.660. The van der Waals surface area contributed by atoms with Crippen LogP contribution >= 0.6 is 15.9 Å². The molecule has 1 fully saturated rings. The van der Waals surface area contributed by atoms with Crippen LogP contribution in [0.1, 0.15) is 10.5 Å². The highest BCUT2D eigenvalue weighted by atomic mass is 79.9. The van der Waals surface area contributed by atoms with E-state index in [9.17, 15) is 4.79 Å². The van der Waals surface area contributed by atoms with Crippen LogP contribution in [-0.2, 0) is 11.8 Å². The molecule has 1 aliphatic rings. The molecule has 1 aliphatic heterocycles. The molecule has 1 amide bonds. The number of hydrogen-bond acceptors (Lipinski definition) is 4. The fourth-order valence-corrected chi connectivity index (χ4v) is 4.14. The van der Waals surface area contributed by atoms with Gasteiger partial charge in [-0.1, -0.05) is 0 Å². The molecule has 0 atom stereocenters. The van der Waals surface area contributed by atoms with Crippen molar-refractivity contribution in [2.45, 2.75) is 0 Å². The minimum atomic E-state index is -0.149. The topological polar surface area (TPSA) is 55.7 Å². The number of carbonyl (C=O) groups excluding carboxylic acids is 1. The van der Waals surface area contributed by atoms with E-state index < -0.39 is 0 Å². The van der Waals surface area contributed by atoms with Crippen LogP contribution < -0.4 is 15.0 Å². The van der Waals surface area contributed by atoms with Crippen molar-refractivity contribution < 1.29 is 14.3 Å². The van der Waals surface area contributed by atoms with Crippen molar-refractivity contribution in [3.63, 3.8) is 0 Å². The lowest BCUT2D eigenvalue weighted by Crippen LogP contribution is -2.36. The van der Waals surface area contributed by atoms with Gasteiger partial charge in [-0.3, -0.25) is 4.79 Å². The van der Waals surface area contributed by atoms with Crippen LogP contribution in [0.4, 0.5) is 11.4 Å². The van der Waals surface area contributed by atoms with Gasteiger partial charge < -0.3 is 24.3 Å². The number of nitrogens with zero attached hydrogens (tertiary/aromatic N) is 2. The van der Waals surface area contributed by atoms with Crippen molar-refractivity contribution in [3.05, 3.63) is 52.6 Å². The summed E-state index contributed by atoms with van der Waals surface area (Å²) in [6.07, 6.45) is 0. The third-order valence-electron chi connectivity index (χ3n) is 5.04. The summed E-state index contributed by atoms with van der Waals surface area (Å²) in [6, 6.07) is 13.6. The highest BCUT2D eigenvalue weighted by molar-refractivity contribution is 9.10. The monoisotopic (exact) mass is 443 g/mol. The van der Waals surface area contributed by atoms with Gasteiger partial charge in [0.15, 0.2) is 0 Å². The van der Waals surface area contributed by atoms with Crippen LogP contribution in [-0.4, -0.2) is 43.9 Å². The van der Waals surface area contributed by atoms with E-state index in [2.05, 4.69) is 26.1 Å². The van der Waals surface area contributed by atoms with Crippen LogP contribution in [0.2, 0.25) is 0 Å². The summed E-state index contributed by atoms with van der Waals surface area (Å²) in [5.74, 6) is 0.622. The second-order valence-corrected chi connectivity index (χ2v) is 7.59. The summed E-state index contributed by atoms with van der Waals surface area (Å²) < 4.78 is 13.5. The third-order valence-corrected chi connectivity index (χ3v) is 5.67. The summed E-state index contributed by atoms with van der Waals surface area (Å²) in [5.41, 5.74) is 3.43. The van der Waals surface area contributed by atoms with Crippen molar-refractivity contribution in [1.82, 2.24) is 4.57 Å². The van der Waals surface area contributed by atoms with E-state index in [-0.39, 0.29) is 5.91 Å². The summed E-state index contributed by atoms with van der Waals surface area (Å²) in [7, 11) is 3.53. The maximum Gasteiger partial charge on any atom is 0.272 e. The molecule has 3 aromatic rings. The van der Waals surface area contributed by atoms with Gasteiger partial charge in [0.25, 0.3) is 5.91 Å². The molecule has 146 valence electrons. The number of amides is 1. The summed E-state index contributed by atoms with van der Waals surface area (Å²) in [5, 5.41) is 3.96. The molecule has 1 N–H and O–H groups in total. The van der Waals surface area contributed by atoms with E-state index in [0.29, 0.717) is 5.69 Å². The van der Waals surface area contributed by atoms with E-state index in [4.69, 9.17) is 9.47 Å². The number of morpholine rings is 1. The Balaban J connectivity index is 1.55. The lowest BCUT2D eigenvalue weighted by molar-refractivity contribution is 0.101. The second kappa shape index (κ2) is 7.85. The molecule has 2 heterocycles. The smallest absolute Gasteiger partial charge is 0.272 e. The molecule has 0 aliphatic carbocycles. The minimum absolute atomic E-state index is 0.149. The van der Waals surface area contributed by atoms with E-state index in [1.54, 1.807) is 7.11 Å². The fraction of sp³-hybridized carbons (Fsp3) is 0.286. The van der Waals surface area contributed by atoms with Gasteiger partial charge in [-0.15, -0.1) is 0 Å². The van der Waals surface area contributed by atoms with Gasteiger partial charge in [-0.25, -0.2) is 0 Å². The number of ether oxygens (including phenoxy) is 2. The van der Waals surface area contributed by atoms with Crippen LogP contribution in [0.5, 0.6) is 5.75 Å². The number of benzene rings is 2. The third kappa shape index (κ3) is 3.59. The first-order valence-corrected chi connectivity index (χ1v) is 9.93. The number of aromatic nitrogens is 1. The van der Waals surface area contributed by atoms with Crippen molar-refractivity contribution in [2.75, 3.05) is 43.6 Å². The second-order valence-electron chi connectivity index (χ2n) is 6.73. The van der Waals surface area contributed by atoms with Crippen LogP contribution in [0.25, 0.3) is 10.9 Å². The van der Waals surface area contributed by atoms with Gasteiger partial charge in [-0.05, 0) is 58.4 Å². The van der Waals surface area contributed by atoms with E-state index in [0.717, 1.165) is 58.8 Å². The van der Waals surface area contributed by atoms with E-state index in [1.807, 2.05) is 54.1 Å². The molecule has 0 bridgehead atoms. The average molecular weight is 444 g/mol. The van der Waals surface area contributed by atoms with E-state index in [1.165, 1.54) is 0 Å². The van der Waals surface area contributed by atoms with Gasteiger partial charge in [0.1, 0.15) is 11.4 Å². The number of nitrogens with one attached hydrogen (secondary N) is 1. The normalized spacial score (nSPS) is 14.3. The predicted molar refractivity (Wildman–Crippen MR) is 115 cm³/mol.